The third-order valence-electron chi connectivity index (χ3n) is 6.25. The van der Waals surface area contributed by atoms with E-state index in [2.05, 4.69) is 10.2 Å². The van der Waals surface area contributed by atoms with Crippen LogP contribution in [-0.2, 0) is 11.3 Å². The van der Waals surface area contributed by atoms with E-state index >= 15 is 0 Å². The van der Waals surface area contributed by atoms with Crippen molar-refractivity contribution in [2.45, 2.75) is 31.8 Å². The van der Waals surface area contributed by atoms with Crippen LogP contribution in [0.3, 0.4) is 0 Å². The molecule has 0 saturated carbocycles. The van der Waals surface area contributed by atoms with Gasteiger partial charge in [0.15, 0.2) is 0 Å². The normalized spacial score (nSPS) is 20.0. The highest BCUT2D eigenvalue weighted by Crippen LogP contribution is 2.32. The lowest BCUT2D eigenvalue weighted by atomic mass is 9.83. The van der Waals surface area contributed by atoms with Crippen molar-refractivity contribution < 1.29 is 9.18 Å². The highest BCUT2D eigenvalue weighted by atomic mass is 35.5. The maximum Gasteiger partial charge on any atom is 0.224 e. The number of halogens is 2. The maximum absolute atomic E-state index is 13.5. The molecule has 1 amide bonds. The lowest BCUT2D eigenvalue weighted by Gasteiger charge is -2.38. The Balaban J connectivity index is 1.52. The zero-order valence-corrected chi connectivity index (χ0v) is 18.9. The maximum atomic E-state index is 13.5. The Morgan fingerprint density at radius 1 is 1.03 bits per heavy atom. The van der Waals surface area contributed by atoms with Crippen molar-refractivity contribution in [1.82, 2.24) is 10.2 Å². The van der Waals surface area contributed by atoms with Gasteiger partial charge in [-0.25, -0.2) is 4.39 Å². The first-order chi connectivity index (χ1) is 15.5. The van der Waals surface area contributed by atoms with Gasteiger partial charge in [-0.05, 0) is 54.2 Å². The van der Waals surface area contributed by atoms with Gasteiger partial charge in [-0.2, -0.15) is 0 Å². The number of hydrogen-bond donors (Lipinski definition) is 1. The summed E-state index contributed by atoms with van der Waals surface area (Å²) in [5.41, 5.74) is 3.19. The lowest BCUT2D eigenvalue weighted by molar-refractivity contribution is -0.127. The van der Waals surface area contributed by atoms with E-state index in [1.807, 2.05) is 73.7 Å². The van der Waals surface area contributed by atoms with Crippen LogP contribution < -0.4 is 5.32 Å². The Kier molecular flexibility index (Phi) is 7.23. The predicted octanol–water partition coefficient (Wildman–Crippen LogP) is 5.96. The number of likely N-dealkylation sites (tertiary alicyclic amines) is 1. The van der Waals surface area contributed by atoms with E-state index in [-0.39, 0.29) is 29.6 Å². The van der Waals surface area contributed by atoms with Crippen LogP contribution in [0, 0.1) is 11.7 Å². The first-order valence-electron chi connectivity index (χ1n) is 11.1. The van der Waals surface area contributed by atoms with Gasteiger partial charge in [0.1, 0.15) is 5.82 Å². The second-order valence-corrected chi connectivity index (χ2v) is 9.01. The predicted molar refractivity (Wildman–Crippen MR) is 127 cm³/mol. The lowest BCUT2D eigenvalue weighted by Crippen LogP contribution is -2.45. The SMILES string of the molecule is C[C@H](NC(=O)[C@H]1C[C@@H](c2ccc(F)cc2)CN(Cc2ccccc2Cl)C1)c1ccccc1. The Labute approximate surface area is 194 Å². The molecule has 32 heavy (non-hydrogen) atoms. The molecule has 1 aliphatic rings. The smallest absolute Gasteiger partial charge is 0.224 e. The van der Waals surface area contributed by atoms with Crippen molar-refractivity contribution in [2.75, 3.05) is 13.1 Å². The van der Waals surface area contributed by atoms with Gasteiger partial charge in [0, 0.05) is 24.7 Å². The number of nitrogens with zero attached hydrogens (tertiary/aromatic N) is 1. The fourth-order valence-corrected chi connectivity index (χ4v) is 4.71. The molecule has 1 aliphatic heterocycles. The minimum Gasteiger partial charge on any atom is -0.349 e. The van der Waals surface area contributed by atoms with Gasteiger partial charge in [-0.3, -0.25) is 9.69 Å². The van der Waals surface area contributed by atoms with Crippen LogP contribution in [0.1, 0.15) is 42.0 Å². The van der Waals surface area contributed by atoms with E-state index in [0.717, 1.165) is 34.7 Å². The Morgan fingerprint density at radius 2 is 1.72 bits per heavy atom. The molecule has 0 unspecified atom stereocenters. The van der Waals surface area contributed by atoms with Crippen LogP contribution in [0.2, 0.25) is 5.02 Å². The quantitative estimate of drug-likeness (QED) is 0.502. The molecule has 1 heterocycles. The summed E-state index contributed by atoms with van der Waals surface area (Å²) in [5, 5.41) is 3.92. The monoisotopic (exact) mass is 450 g/mol. The number of benzene rings is 3. The van der Waals surface area contributed by atoms with Crippen molar-refractivity contribution in [3.05, 3.63) is 106 Å². The summed E-state index contributed by atoms with van der Waals surface area (Å²) in [6, 6.07) is 24.4. The topological polar surface area (TPSA) is 32.3 Å². The molecule has 1 fully saturated rings. The number of hydrogen-bond acceptors (Lipinski definition) is 2. The van der Waals surface area contributed by atoms with E-state index in [9.17, 15) is 9.18 Å². The van der Waals surface area contributed by atoms with E-state index in [1.54, 1.807) is 0 Å². The third kappa shape index (κ3) is 5.56. The summed E-state index contributed by atoms with van der Waals surface area (Å²) >= 11 is 6.40. The van der Waals surface area contributed by atoms with Crippen LogP contribution >= 0.6 is 11.6 Å². The molecule has 4 rings (SSSR count). The molecule has 3 nitrogen and oxygen atoms in total. The van der Waals surface area contributed by atoms with Gasteiger partial charge in [-0.15, -0.1) is 0 Å². The largest absolute Gasteiger partial charge is 0.349 e. The van der Waals surface area contributed by atoms with E-state index < -0.39 is 0 Å². The van der Waals surface area contributed by atoms with Crippen LogP contribution in [0.25, 0.3) is 0 Å². The third-order valence-corrected chi connectivity index (χ3v) is 6.62. The molecule has 0 bridgehead atoms. The number of rotatable bonds is 6. The molecule has 3 aromatic carbocycles. The van der Waals surface area contributed by atoms with Gasteiger partial charge in [-0.1, -0.05) is 72.3 Å². The molecular weight excluding hydrogens is 423 g/mol. The van der Waals surface area contributed by atoms with Crippen LogP contribution in [0.5, 0.6) is 0 Å². The molecule has 1 saturated heterocycles. The molecule has 0 spiro atoms. The number of amides is 1. The molecule has 3 atom stereocenters. The van der Waals surface area contributed by atoms with Gasteiger partial charge >= 0.3 is 0 Å². The van der Waals surface area contributed by atoms with Crippen molar-refractivity contribution in [2.24, 2.45) is 5.92 Å². The van der Waals surface area contributed by atoms with Gasteiger partial charge in [0.2, 0.25) is 5.91 Å². The highest BCUT2D eigenvalue weighted by Gasteiger charge is 2.33. The summed E-state index contributed by atoms with van der Waals surface area (Å²) in [4.78, 5) is 15.5. The van der Waals surface area contributed by atoms with Crippen molar-refractivity contribution in [3.63, 3.8) is 0 Å². The summed E-state index contributed by atoms with van der Waals surface area (Å²) in [6.45, 7) is 4.15. The van der Waals surface area contributed by atoms with Gasteiger partial charge < -0.3 is 5.32 Å². The summed E-state index contributed by atoms with van der Waals surface area (Å²) in [6.07, 6.45) is 0.734. The molecule has 5 heteroatoms. The molecule has 3 aromatic rings. The summed E-state index contributed by atoms with van der Waals surface area (Å²) in [5.74, 6) is -0.206. The minimum atomic E-state index is -0.247. The van der Waals surface area contributed by atoms with Crippen LogP contribution in [0.4, 0.5) is 4.39 Å². The molecule has 0 radical (unpaired) electrons. The average Bonchev–Trinajstić information content (AvgIpc) is 2.81. The molecule has 0 aromatic heterocycles. The first-order valence-corrected chi connectivity index (χ1v) is 11.4. The first kappa shape index (κ1) is 22.5. The fraction of sp³-hybridized carbons (Fsp3) is 0.296. The van der Waals surface area contributed by atoms with E-state index in [4.69, 9.17) is 11.6 Å². The molecular formula is C27H28ClFN2O. The number of carbonyl (C=O) groups is 1. The average molecular weight is 451 g/mol. The minimum absolute atomic E-state index is 0.0531. The van der Waals surface area contributed by atoms with E-state index in [1.165, 1.54) is 12.1 Å². The number of piperidine rings is 1. The van der Waals surface area contributed by atoms with Crippen molar-refractivity contribution >= 4 is 17.5 Å². The second kappa shape index (κ2) is 10.3. The van der Waals surface area contributed by atoms with Crippen LogP contribution in [0.15, 0.2) is 78.9 Å². The number of carbonyl (C=O) groups excluding carboxylic acids is 1. The van der Waals surface area contributed by atoms with Gasteiger partial charge in [0.25, 0.3) is 0 Å². The molecule has 166 valence electrons. The van der Waals surface area contributed by atoms with Crippen molar-refractivity contribution in [1.29, 1.82) is 0 Å². The van der Waals surface area contributed by atoms with Crippen LogP contribution in [-0.4, -0.2) is 23.9 Å². The zero-order valence-electron chi connectivity index (χ0n) is 18.2. The zero-order chi connectivity index (χ0) is 22.5. The Bertz CT molecular complexity index is 1040. The summed E-state index contributed by atoms with van der Waals surface area (Å²) in [7, 11) is 0. The Hall–Kier alpha value is -2.69. The Morgan fingerprint density at radius 3 is 2.44 bits per heavy atom. The van der Waals surface area contributed by atoms with E-state index in [0.29, 0.717) is 13.1 Å². The number of nitrogens with one attached hydrogen (secondary N) is 1. The fourth-order valence-electron chi connectivity index (χ4n) is 4.51. The second-order valence-electron chi connectivity index (χ2n) is 8.61. The molecule has 1 N–H and O–H groups in total. The van der Waals surface area contributed by atoms with Crippen molar-refractivity contribution in [3.8, 4) is 0 Å². The van der Waals surface area contributed by atoms with Gasteiger partial charge in [0.05, 0.1) is 12.0 Å². The summed E-state index contributed by atoms with van der Waals surface area (Å²) < 4.78 is 13.5. The highest BCUT2D eigenvalue weighted by molar-refractivity contribution is 6.31. The molecule has 0 aliphatic carbocycles. The standard InChI is InChI=1S/C27H28ClFN2O/c1-19(20-7-3-2-4-8-20)30-27(32)24-15-23(21-11-13-25(29)14-12-21)17-31(18-24)16-22-9-5-6-10-26(22)28/h2-14,19,23-24H,15-18H2,1H3,(H,30,32)/t19-,23+,24-/m0/s1.